The first-order chi connectivity index (χ1) is 18.0. The standard InChI is InChI=1S/C28H39ClN2O7/c1-4-23-37-22-13-19-18-7-6-16-12-17(32)8-9-25(16,2)27(18,29)20(33)14-26(19,3)28(22,38-23)21(34)15-36-24(35)31-11-5-10-30/h8-9,12,18-20,22-23,33H,4-7,10-11,13-15,30H2,1-3H3,(H,31,35)/t18-,19-,20-,22-,23?,25-,26-,27-,28+/m0/s1. The molecule has 0 bridgehead atoms. The van der Waals surface area contributed by atoms with Crippen molar-refractivity contribution in [3.05, 3.63) is 23.8 Å². The van der Waals surface area contributed by atoms with Gasteiger partial charge in [-0.2, -0.15) is 0 Å². The van der Waals surface area contributed by atoms with E-state index in [0.717, 1.165) is 5.57 Å². The summed E-state index contributed by atoms with van der Waals surface area (Å²) in [6, 6.07) is 0. The van der Waals surface area contributed by atoms with E-state index in [0.29, 0.717) is 45.2 Å². The topological polar surface area (TPSA) is 137 Å². The van der Waals surface area contributed by atoms with E-state index in [1.807, 2.05) is 26.8 Å². The molecule has 1 saturated heterocycles. The van der Waals surface area contributed by atoms with Crippen molar-refractivity contribution in [1.82, 2.24) is 5.32 Å². The SMILES string of the molecule is CCC1O[C@H]2C[C@H]3[C@@H]4CCC5=CC(=O)C=C[C@]5(C)[C@@]4(Cl)[C@@H](O)C[C@]3(C)[C@]2(C(=O)COC(=O)NCCCN)O1. The summed E-state index contributed by atoms with van der Waals surface area (Å²) in [5, 5.41) is 14.4. The van der Waals surface area contributed by atoms with Gasteiger partial charge in [0.25, 0.3) is 0 Å². The molecule has 210 valence electrons. The second kappa shape index (κ2) is 9.70. The lowest BCUT2D eigenvalue weighted by Crippen LogP contribution is -2.69. The molecule has 0 radical (unpaired) electrons. The molecule has 5 aliphatic rings. The number of fused-ring (bicyclic) bond motifs is 7. The molecular formula is C28H39ClN2O7. The Morgan fingerprint density at radius 3 is 2.79 bits per heavy atom. The van der Waals surface area contributed by atoms with Gasteiger partial charge in [-0.3, -0.25) is 9.59 Å². The Labute approximate surface area is 228 Å². The molecule has 4 fully saturated rings. The first-order valence-corrected chi connectivity index (χ1v) is 14.1. The van der Waals surface area contributed by atoms with Crippen LogP contribution in [0.25, 0.3) is 0 Å². The zero-order valence-corrected chi connectivity index (χ0v) is 23.1. The third kappa shape index (κ3) is 3.69. The molecule has 0 aromatic rings. The Morgan fingerprint density at radius 2 is 2.08 bits per heavy atom. The molecule has 10 heteroatoms. The minimum atomic E-state index is -1.37. The number of carbonyl (C=O) groups is 3. The van der Waals surface area contributed by atoms with Crippen LogP contribution < -0.4 is 11.1 Å². The number of ether oxygens (including phenoxy) is 3. The number of halogens is 1. The molecule has 9 nitrogen and oxygen atoms in total. The van der Waals surface area contributed by atoms with Crippen LogP contribution >= 0.6 is 11.6 Å². The first-order valence-electron chi connectivity index (χ1n) is 13.8. The number of rotatable bonds is 7. The van der Waals surface area contributed by atoms with Gasteiger partial charge in [0.15, 0.2) is 24.3 Å². The van der Waals surface area contributed by atoms with E-state index in [-0.39, 0.29) is 29.8 Å². The number of nitrogens with two attached hydrogens (primary N) is 1. The van der Waals surface area contributed by atoms with Crippen LogP contribution in [0.2, 0.25) is 0 Å². The summed E-state index contributed by atoms with van der Waals surface area (Å²) in [5.41, 5.74) is 3.55. The van der Waals surface area contributed by atoms with Gasteiger partial charge in [0, 0.05) is 17.4 Å². The van der Waals surface area contributed by atoms with E-state index in [9.17, 15) is 19.5 Å². The van der Waals surface area contributed by atoms with Gasteiger partial charge in [-0.1, -0.05) is 32.4 Å². The molecule has 4 N–H and O–H groups in total. The monoisotopic (exact) mass is 550 g/mol. The van der Waals surface area contributed by atoms with Crippen molar-refractivity contribution < 1.29 is 33.7 Å². The smallest absolute Gasteiger partial charge is 0.407 e. The van der Waals surface area contributed by atoms with E-state index >= 15 is 0 Å². The average molecular weight is 551 g/mol. The second-order valence-electron chi connectivity index (χ2n) is 11.9. The van der Waals surface area contributed by atoms with E-state index in [1.165, 1.54) is 0 Å². The summed E-state index contributed by atoms with van der Waals surface area (Å²) in [7, 11) is 0. The minimum absolute atomic E-state index is 0.0641. The fraction of sp³-hybridized carbons (Fsp3) is 0.750. The molecule has 5 rings (SSSR count). The van der Waals surface area contributed by atoms with Gasteiger partial charge in [0.2, 0.25) is 5.78 Å². The van der Waals surface area contributed by atoms with Gasteiger partial charge in [0.1, 0.15) is 0 Å². The molecule has 38 heavy (non-hydrogen) atoms. The van der Waals surface area contributed by atoms with Crippen molar-refractivity contribution >= 4 is 29.3 Å². The molecule has 0 spiro atoms. The quantitative estimate of drug-likeness (QED) is 0.325. The van der Waals surface area contributed by atoms with E-state index in [2.05, 4.69) is 5.32 Å². The predicted octanol–water partition coefficient (Wildman–Crippen LogP) is 2.77. The third-order valence-corrected chi connectivity index (χ3v) is 11.1. The average Bonchev–Trinajstić information content (AvgIpc) is 3.37. The number of Topliss-reactive ketones (excluding diaryl/α,β-unsaturated/α-hetero) is 1. The highest BCUT2D eigenvalue weighted by Crippen LogP contribution is 2.72. The highest BCUT2D eigenvalue weighted by atomic mass is 35.5. The molecule has 9 atom stereocenters. The van der Waals surface area contributed by atoms with Gasteiger partial charge >= 0.3 is 6.09 Å². The van der Waals surface area contributed by atoms with Crippen LogP contribution in [-0.4, -0.2) is 71.4 Å². The number of ketones is 2. The zero-order valence-electron chi connectivity index (χ0n) is 22.3. The van der Waals surface area contributed by atoms with Crippen LogP contribution in [0.1, 0.15) is 59.3 Å². The molecule has 1 amide bonds. The van der Waals surface area contributed by atoms with Gasteiger partial charge in [0.05, 0.1) is 17.1 Å². The first kappa shape index (κ1) is 27.8. The lowest BCUT2D eigenvalue weighted by molar-refractivity contribution is -0.195. The molecule has 0 aromatic carbocycles. The number of nitrogens with one attached hydrogen (secondary N) is 1. The Balaban J connectivity index is 1.47. The minimum Gasteiger partial charge on any atom is -0.441 e. The number of carbonyl (C=O) groups excluding carboxylic acids is 3. The maximum atomic E-state index is 14.0. The lowest BCUT2D eigenvalue weighted by atomic mass is 9.45. The number of alkyl halides is 1. The van der Waals surface area contributed by atoms with E-state index in [1.54, 1.807) is 12.2 Å². The molecule has 0 aromatic heterocycles. The van der Waals surface area contributed by atoms with E-state index in [4.69, 9.17) is 31.5 Å². The number of aliphatic hydroxyl groups is 1. The lowest BCUT2D eigenvalue weighted by Gasteiger charge is -2.64. The normalized spacial score (nSPS) is 44.9. The zero-order chi connectivity index (χ0) is 27.5. The van der Waals surface area contributed by atoms with Crippen molar-refractivity contribution in [2.45, 2.75) is 88.3 Å². The predicted molar refractivity (Wildman–Crippen MR) is 139 cm³/mol. The van der Waals surface area contributed by atoms with Gasteiger partial charge in [-0.25, -0.2) is 4.79 Å². The highest BCUT2D eigenvalue weighted by Gasteiger charge is 2.78. The molecule has 1 heterocycles. The Bertz CT molecular complexity index is 1080. The maximum absolute atomic E-state index is 14.0. The number of amides is 1. The largest absolute Gasteiger partial charge is 0.441 e. The summed E-state index contributed by atoms with van der Waals surface area (Å²) >= 11 is 7.51. The van der Waals surface area contributed by atoms with Crippen LogP contribution in [0, 0.1) is 22.7 Å². The van der Waals surface area contributed by atoms with Gasteiger partial charge in [-0.05, 0) is 69.1 Å². The molecule has 4 aliphatic carbocycles. The molecule has 1 unspecified atom stereocenters. The van der Waals surface area contributed by atoms with Crippen LogP contribution in [0.15, 0.2) is 23.8 Å². The number of aliphatic hydroxyl groups excluding tert-OH is 1. The Kier molecular flexibility index (Phi) is 7.09. The van der Waals surface area contributed by atoms with Crippen LogP contribution in [0.4, 0.5) is 4.79 Å². The Hall–Kier alpha value is -1.78. The number of allylic oxidation sites excluding steroid dienone is 4. The van der Waals surface area contributed by atoms with Crippen LogP contribution in [0.3, 0.4) is 0 Å². The van der Waals surface area contributed by atoms with Gasteiger partial charge < -0.3 is 30.4 Å². The molecule has 3 saturated carbocycles. The van der Waals surface area contributed by atoms with Crippen LogP contribution in [0.5, 0.6) is 0 Å². The fourth-order valence-electron chi connectivity index (χ4n) is 8.29. The van der Waals surface area contributed by atoms with Gasteiger partial charge in [-0.15, -0.1) is 11.6 Å². The van der Waals surface area contributed by atoms with Crippen molar-refractivity contribution in [3.8, 4) is 0 Å². The summed E-state index contributed by atoms with van der Waals surface area (Å²) in [4.78, 5) is 37.3. The third-order valence-electron chi connectivity index (χ3n) is 10.2. The molecule has 1 aliphatic heterocycles. The number of hydrogen-bond donors (Lipinski definition) is 3. The van der Waals surface area contributed by atoms with Crippen molar-refractivity contribution in [2.24, 2.45) is 28.4 Å². The van der Waals surface area contributed by atoms with Crippen molar-refractivity contribution in [2.75, 3.05) is 19.7 Å². The fourth-order valence-corrected chi connectivity index (χ4v) is 8.81. The number of alkyl carbamates (subject to hydrolysis) is 1. The number of hydrogen-bond acceptors (Lipinski definition) is 8. The van der Waals surface area contributed by atoms with Crippen molar-refractivity contribution in [3.63, 3.8) is 0 Å². The highest BCUT2D eigenvalue weighted by molar-refractivity contribution is 6.26. The summed E-state index contributed by atoms with van der Waals surface area (Å²) < 4.78 is 18.1. The molecular weight excluding hydrogens is 512 g/mol. The summed E-state index contributed by atoms with van der Waals surface area (Å²) in [5.74, 6) is -0.665. The summed E-state index contributed by atoms with van der Waals surface area (Å²) in [6.07, 6.45) is 5.56. The van der Waals surface area contributed by atoms with Crippen LogP contribution in [-0.2, 0) is 23.8 Å². The van der Waals surface area contributed by atoms with Crippen molar-refractivity contribution in [1.29, 1.82) is 0 Å². The Morgan fingerprint density at radius 1 is 1.32 bits per heavy atom. The second-order valence-corrected chi connectivity index (χ2v) is 12.5. The maximum Gasteiger partial charge on any atom is 0.407 e. The summed E-state index contributed by atoms with van der Waals surface area (Å²) in [6.45, 7) is 6.25. The van der Waals surface area contributed by atoms with E-state index < -0.39 is 52.5 Å².